The number of aliphatic hydroxyl groups excluding tert-OH is 1. The third-order valence-corrected chi connectivity index (χ3v) is 17.3. The molecule has 9 heterocycles. The van der Waals surface area contributed by atoms with Crippen LogP contribution in [0.4, 0.5) is 30.7 Å². The number of benzene rings is 6. The minimum absolute atomic E-state index is 0.0347. The number of guanidine groups is 3. The van der Waals surface area contributed by atoms with Crippen molar-refractivity contribution in [3.63, 3.8) is 0 Å². The Hall–Kier alpha value is -11.3. The summed E-state index contributed by atoms with van der Waals surface area (Å²) in [6.45, 7) is 1.39. The number of rotatable bonds is 14. The van der Waals surface area contributed by atoms with Gasteiger partial charge < -0.3 is 41.6 Å². The molecule has 15 rings (SSSR count). The monoisotopic (exact) mass is 1420 g/mol. The average Bonchev–Trinajstić information content (AvgIpc) is 1.53. The van der Waals surface area contributed by atoms with Crippen LogP contribution in [0.25, 0.3) is 33.4 Å². The van der Waals surface area contributed by atoms with Gasteiger partial charge in [0.15, 0.2) is 41.3 Å². The van der Waals surface area contributed by atoms with Crippen molar-refractivity contribution in [2.45, 2.75) is 48.4 Å². The lowest BCUT2D eigenvalue weighted by Gasteiger charge is -2.33. The zero-order chi connectivity index (χ0) is 72.1. The number of alkyl halides is 5. The Morgan fingerprint density at radius 1 is 0.461 bits per heavy atom. The van der Waals surface area contributed by atoms with Gasteiger partial charge >= 0.3 is 12.5 Å². The third-order valence-electron chi connectivity index (χ3n) is 17.3. The number of pyridine rings is 3. The van der Waals surface area contributed by atoms with Crippen molar-refractivity contribution in [2.24, 2.45) is 47.2 Å². The number of halogens is 8. The highest BCUT2D eigenvalue weighted by molar-refractivity contribution is 6.18. The van der Waals surface area contributed by atoms with E-state index in [2.05, 4.69) is 31.3 Å². The molecule has 0 bridgehead atoms. The number of hydrogen-bond acceptors (Lipinski definition) is 20. The lowest BCUT2D eigenvalue weighted by Crippen LogP contribution is -2.46. The number of phenolic OH excluding ortho intramolecular Hbond substituents is 1. The normalized spacial score (nSPS) is 19.2. The van der Waals surface area contributed by atoms with E-state index in [1.165, 1.54) is 30.7 Å². The number of aromatic nitrogens is 3. The number of aliphatic hydroxyl groups is 1. The number of hydrogen-bond donors (Lipinski definition) is 5. The first-order valence-corrected chi connectivity index (χ1v) is 32.5. The molecule has 0 amide bonds. The van der Waals surface area contributed by atoms with Gasteiger partial charge in [-0.25, -0.2) is 29.9 Å². The topological polar surface area (TPSA) is 269 Å². The number of aromatic hydroxyl groups is 1. The zero-order valence-corrected chi connectivity index (χ0v) is 55.8. The molecule has 0 radical (unpaired) electrons. The summed E-state index contributed by atoms with van der Waals surface area (Å²) in [4.78, 5) is 46.2. The fraction of sp³-hybridized carbons (Fsp3) is 0.230. The van der Waals surface area contributed by atoms with Gasteiger partial charge in [-0.05, 0) is 160 Å². The van der Waals surface area contributed by atoms with Crippen LogP contribution in [0.5, 0.6) is 17.2 Å². The molecule has 3 unspecified atom stereocenters. The van der Waals surface area contributed by atoms with Gasteiger partial charge in [-0.15, -0.1) is 0 Å². The van der Waals surface area contributed by atoms with E-state index in [1.54, 1.807) is 73.8 Å². The van der Waals surface area contributed by atoms with E-state index < -0.39 is 47.0 Å². The van der Waals surface area contributed by atoms with Crippen LogP contribution in [-0.4, -0.2) is 148 Å². The molecule has 526 valence electrons. The van der Waals surface area contributed by atoms with Gasteiger partial charge in [-0.3, -0.25) is 29.7 Å². The predicted molar refractivity (Wildman–Crippen MR) is 377 cm³/mol. The van der Waals surface area contributed by atoms with E-state index in [1.807, 2.05) is 118 Å². The van der Waals surface area contributed by atoms with Crippen molar-refractivity contribution in [1.29, 1.82) is 0 Å². The Balaban J connectivity index is 0.000000148. The first kappa shape index (κ1) is 72.0. The summed E-state index contributed by atoms with van der Waals surface area (Å²) < 4.78 is 104. The maximum atomic E-state index is 14.5. The van der Waals surface area contributed by atoms with Crippen LogP contribution in [-0.2, 0) is 21.4 Å². The molecule has 0 spiro atoms. The molecule has 0 saturated heterocycles. The second-order valence-electron chi connectivity index (χ2n) is 23.2. The van der Waals surface area contributed by atoms with Gasteiger partial charge in [0.05, 0.1) is 0 Å². The minimum atomic E-state index is -2.92. The third kappa shape index (κ3) is 14.7. The van der Waals surface area contributed by atoms with Crippen molar-refractivity contribution in [3.05, 3.63) is 252 Å². The summed E-state index contributed by atoms with van der Waals surface area (Å²) in [5.74, 6) is -0.120. The van der Waals surface area contributed by atoms with Crippen LogP contribution in [0.2, 0.25) is 0 Å². The maximum Gasteiger partial charge on any atom is 0.387 e. The van der Waals surface area contributed by atoms with Crippen LogP contribution in [0.1, 0.15) is 52.6 Å². The summed E-state index contributed by atoms with van der Waals surface area (Å²) in [6, 6.07) is 53.5. The molecule has 0 fully saturated rings. The fourth-order valence-corrected chi connectivity index (χ4v) is 13.0. The number of ether oxygens (including phenoxy) is 3. The number of aliphatic imine (C=N–C) groups is 6. The second kappa shape index (κ2) is 31.9. The van der Waals surface area contributed by atoms with Gasteiger partial charge in [-0.2, -0.15) is 30.7 Å². The lowest BCUT2D eigenvalue weighted by atomic mass is 9.81. The molecule has 0 aliphatic carbocycles. The van der Waals surface area contributed by atoms with Crippen LogP contribution in [0.3, 0.4) is 0 Å². The quantitative estimate of drug-likeness (QED) is 0.0293. The first-order valence-electron chi connectivity index (χ1n) is 32.1. The molecule has 9 aromatic rings. The standard InChI is InChI=1S/C25H24FN5O2.C24H20F3N5O.C23H20FN5O.CHClF2.CH4O/c1-32-16-33-20-10-8-18(9-11-20)25(23-29-13-4-14-31(23)24(27)30-25)19-6-2-5-17(15-19)21-7-3-12-28-22(21)26;25-20-19(6-2-11-29-20)15-4-1-5-17(14-15)24(16-7-9-18(10-8-16)33-22(26)27)21-30-12-3-13-32(21)23(28)31-24;24-20-19(6-2-11-26-20)15-4-1-5-17(14-15)23(16-7-9-18(30)10-8-16)21-27-12-3-13-29(21)22(25)28-23;2-1(3)4;1-2/h2-3,5-12,15H,4,13-14,16H2,1H3,(H2,27,30);1-2,4-11,14,22H,3,12-13H2,(H2,28,31);1-2,4-11,14,30H,3,12-13H2,(H2,25,28);1H;2H,1H3. The van der Waals surface area contributed by atoms with E-state index in [-0.39, 0.29) is 18.3 Å². The van der Waals surface area contributed by atoms with Crippen molar-refractivity contribution < 1.29 is 55.2 Å². The number of methoxy groups -OCH3 is 1. The highest BCUT2D eigenvalue weighted by atomic mass is 35.5. The Morgan fingerprint density at radius 3 is 1.10 bits per heavy atom. The molecule has 102 heavy (non-hydrogen) atoms. The van der Waals surface area contributed by atoms with E-state index in [0.29, 0.717) is 94.6 Å². The number of amidine groups is 3. The number of phenols is 1. The van der Waals surface area contributed by atoms with Crippen molar-refractivity contribution in [3.8, 4) is 50.6 Å². The Morgan fingerprint density at radius 2 is 0.784 bits per heavy atom. The molecule has 6 aliphatic rings. The minimum Gasteiger partial charge on any atom is -0.508 e. The van der Waals surface area contributed by atoms with Crippen molar-refractivity contribution in [1.82, 2.24) is 29.7 Å². The molecule has 28 heteroatoms. The lowest BCUT2D eigenvalue weighted by molar-refractivity contribution is -0.0498. The molecule has 3 aromatic heterocycles. The Kier molecular flexibility index (Phi) is 22.5. The van der Waals surface area contributed by atoms with Gasteiger partial charge in [0.1, 0.15) is 34.8 Å². The average molecular weight is 1420 g/mol. The SMILES string of the molecule is CO.COCOc1ccc(C2(c3cccc(-c4cccnc4F)c3)N=C(N)N3CCCN=C32)cc1.FC(F)Cl.NC1=NC(c2ccc(O)cc2)(c2cccc(-c3cccnc3F)c2)C2=NCCCN12.NC1=NC(c2ccc(OC(F)F)cc2)(c2cccc(-c3cccnc3F)c2)C2=NCCCN12. The molecule has 6 aromatic carbocycles. The smallest absolute Gasteiger partial charge is 0.387 e. The molecular weight excluding hydrogens is 1350 g/mol. The molecule has 20 nitrogen and oxygen atoms in total. The fourth-order valence-electron chi connectivity index (χ4n) is 13.0. The van der Waals surface area contributed by atoms with E-state index in [4.69, 9.17) is 61.7 Å². The number of fused-ring (bicyclic) bond motifs is 3. The zero-order valence-electron chi connectivity index (χ0n) is 55.0. The molecular formula is C74H69ClF7N15O5. The summed E-state index contributed by atoms with van der Waals surface area (Å²) >= 11 is 3.94. The first-order chi connectivity index (χ1) is 49.4. The second-order valence-corrected chi connectivity index (χ2v) is 23.5. The van der Waals surface area contributed by atoms with Crippen molar-refractivity contribution in [2.75, 3.05) is 60.3 Å². The summed E-state index contributed by atoms with van der Waals surface area (Å²) in [5, 5.41) is 16.8. The summed E-state index contributed by atoms with van der Waals surface area (Å²) in [6.07, 6.45) is 6.89. The number of nitrogens with two attached hydrogens (primary N) is 3. The molecule has 6 aliphatic heterocycles. The van der Waals surface area contributed by atoms with E-state index >= 15 is 0 Å². The number of nitrogens with zero attached hydrogens (tertiary/aromatic N) is 12. The van der Waals surface area contributed by atoms with Gasteiger partial charge in [-0.1, -0.05) is 103 Å². The van der Waals surface area contributed by atoms with E-state index in [0.717, 1.165) is 79.0 Å². The maximum absolute atomic E-state index is 14.5. The van der Waals surface area contributed by atoms with Gasteiger partial charge in [0, 0.05) is 88.8 Å². The Bertz CT molecular complexity index is 4630. The molecule has 0 saturated carbocycles. The summed E-state index contributed by atoms with van der Waals surface area (Å²) in [7, 11) is 2.58. The predicted octanol–water partition coefficient (Wildman–Crippen LogP) is 12.0. The molecule has 3 atom stereocenters. The largest absolute Gasteiger partial charge is 0.508 e. The van der Waals surface area contributed by atoms with Gasteiger partial charge in [0.25, 0.3) is 0 Å². The molecule has 8 N–H and O–H groups in total. The van der Waals surface area contributed by atoms with Crippen LogP contribution in [0, 0.1) is 17.8 Å². The highest BCUT2D eigenvalue weighted by Crippen LogP contribution is 2.47. The highest BCUT2D eigenvalue weighted by Gasteiger charge is 2.52. The van der Waals surface area contributed by atoms with Crippen LogP contribution >= 0.6 is 11.6 Å². The van der Waals surface area contributed by atoms with E-state index in [9.17, 15) is 35.8 Å². The van der Waals surface area contributed by atoms with Crippen molar-refractivity contribution >= 4 is 47.0 Å². The Labute approximate surface area is 587 Å². The van der Waals surface area contributed by atoms with Crippen LogP contribution < -0.4 is 26.7 Å². The van der Waals surface area contributed by atoms with Crippen LogP contribution in [0.15, 0.2) is 231 Å². The van der Waals surface area contributed by atoms with Gasteiger partial charge in [0.2, 0.25) is 17.8 Å². The summed E-state index contributed by atoms with van der Waals surface area (Å²) in [5.41, 5.74) is 24.0.